The lowest BCUT2D eigenvalue weighted by molar-refractivity contribution is -0.120. The molecule has 2 aromatic heterocycles. The third-order valence-corrected chi connectivity index (χ3v) is 2.91. The molecule has 0 aliphatic rings. The van der Waals surface area contributed by atoms with Crippen molar-refractivity contribution in [2.24, 2.45) is 0 Å². The summed E-state index contributed by atoms with van der Waals surface area (Å²) < 4.78 is 5.29. The highest BCUT2D eigenvalue weighted by molar-refractivity contribution is 5.93. The van der Waals surface area contributed by atoms with Crippen molar-refractivity contribution in [3.63, 3.8) is 0 Å². The maximum Gasteiger partial charge on any atom is 0.242 e. The van der Waals surface area contributed by atoms with Gasteiger partial charge in [-0.2, -0.15) is 0 Å². The zero-order valence-corrected chi connectivity index (χ0v) is 11.7. The van der Waals surface area contributed by atoms with E-state index in [1.165, 1.54) is 0 Å². The molecular weight excluding hydrogens is 258 g/mol. The molecule has 1 N–H and O–H groups in total. The highest BCUT2D eigenvalue weighted by atomic mass is 16.4. The van der Waals surface area contributed by atoms with E-state index < -0.39 is 0 Å². The van der Waals surface area contributed by atoms with Crippen molar-refractivity contribution < 1.29 is 9.21 Å². The number of nitrogens with zero attached hydrogens (tertiary/aromatic N) is 4. The number of aromatic nitrogens is 3. The van der Waals surface area contributed by atoms with Crippen molar-refractivity contribution in [2.75, 3.05) is 12.4 Å². The molecule has 1 atom stereocenters. The van der Waals surface area contributed by atoms with Crippen LogP contribution in [0, 0.1) is 6.92 Å². The van der Waals surface area contributed by atoms with E-state index in [1.807, 2.05) is 24.9 Å². The number of hydrogen-bond acceptors (Lipinski definition) is 6. The Bertz CT molecular complexity index is 569. The molecule has 0 saturated heterocycles. The first-order chi connectivity index (χ1) is 9.56. The topological polar surface area (TPSA) is 84.2 Å². The van der Waals surface area contributed by atoms with Gasteiger partial charge in [0.2, 0.25) is 17.7 Å². The average Bonchev–Trinajstić information content (AvgIpc) is 2.84. The SMILES string of the molecule is Cc1nnc(CN(C)[C@@H](C)C(=O)Nc2ccccn2)o1. The van der Waals surface area contributed by atoms with Gasteiger partial charge in [0.25, 0.3) is 0 Å². The van der Waals surface area contributed by atoms with E-state index in [1.54, 1.807) is 25.3 Å². The number of aryl methyl sites for hydroxylation is 1. The Hall–Kier alpha value is -2.28. The van der Waals surface area contributed by atoms with Crippen molar-refractivity contribution in [3.05, 3.63) is 36.2 Å². The van der Waals surface area contributed by atoms with Crippen LogP contribution >= 0.6 is 0 Å². The van der Waals surface area contributed by atoms with Crippen LogP contribution in [-0.2, 0) is 11.3 Å². The van der Waals surface area contributed by atoms with E-state index in [9.17, 15) is 4.79 Å². The van der Waals surface area contributed by atoms with Crippen molar-refractivity contribution in [3.8, 4) is 0 Å². The predicted octanol–water partition coefficient (Wildman–Crippen LogP) is 1.23. The molecule has 0 bridgehead atoms. The second-order valence-corrected chi connectivity index (χ2v) is 4.51. The minimum Gasteiger partial charge on any atom is -0.424 e. The molecule has 2 rings (SSSR count). The van der Waals surface area contributed by atoms with Gasteiger partial charge in [0, 0.05) is 13.1 Å². The Morgan fingerprint density at radius 2 is 2.25 bits per heavy atom. The first-order valence-electron chi connectivity index (χ1n) is 6.27. The monoisotopic (exact) mass is 275 g/mol. The van der Waals surface area contributed by atoms with Crippen LogP contribution < -0.4 is 5.32 Å². The van der Waals surface area contributed by atoms with Gasteiger partial charge in [-0.15, -0.1) is 10.2 Å². The van der Waals surface area contributed by atoms with Gasteiger partial charge >= 0.3 is 0 Å². The molecule has 0 fully saturated rings. The highest BCUT2D eigenvalue weighted by Crippen LogP contribution is 2.07. The van der Waals surface area contributed by atoms with Gasteiger partial charge in [-0.05, 0) is 26.1 Å². The lowest BCUT2D eigenvalue weighted by atomic mass is 10.2. The van der Waals surface area contributed by atoms with Crippen LogP contribution in [0.2, 0.25) is 0 Å². The lowest BCUT2D eigenvalue weighted by Crippen LogP contribution is -2.39. The van der Waals surface area contributed by atoms with Crippen LogP contribution in [0.3, 0.4) is 0 Å². The molecule has 20 heavy (non-hydrogen) atoms. The summed E-state index contributed by atoms with van der Waals surface area (Å²) >= 11 is 0. The Kier molecular flexibility index (Phi) is 4.41. The molecule has 0 spiro atoms. The first-order valence-corrected chi connectivity index (χ1v) is 6.27. The summed E-state index contributed by atoms with van der Waals surface area (Å²) in [7, 11) is 1.82. The smallest absolute Gasteiger partial charge is 0.242 e. The summed E-state index contributed by atoms with van der Waals surface area (Å²) in [6.07, 6.45) is 1.63. The molecule has 2 aromatic rings. The van der Waals surface area contributed by atoms with Gasteiger partial charge in [-0.3, -0.25) is 9.69 Å². The maximum atomic E-state index is 12.1. The molecule has 1 amide bonds. The normalized spacial score (nSPS) is 12.4. The molecule has 7 nitrogen and oxygen atoms in total. The molecule has 0 aromatic carbocycles. The molecular formula is C13H17N5O2. The van der Waals surface area contributed by atoms with Crippen LogP contribution in [-0.4, -0.2) is 39.1 Å². The number of rotatable bonds is 5. The number of likely N-dealkylation sites (N-methyl/N-ethyl adjacent to an activating group) is 1. The van der Waals surface area contributed by atoms with Crippen molar-refractivity contribution in [1.82, 2.24) is 20.1 Å². The molecule has 7 heteroatoms. The molecule has 0 radical (unpaired) electrons. The minimum atomic E-state index is -0.343. The molecule has 106 valence electrons. The van der Waals surface area contributed by atoms with E-state index in [-0.39, 0.29) is 11.9 Å². The van der Waals surface area contributed by atoms with Crippen molar-refractivity contribution in [1.29, 1.82) is 0 Å². The Labute approximate surface area is 117 Å². The summed E-state index contributed by atoms with van der Waals surface area (Å²) in [5.74, 6) is 1.40. The lowest BCUT2D eigenvalue weighted by Gasteiger charge is -2.21. The van der Waals surface area contributed by atoms with Crippen LogP contribution in [0.25, 0.3) is 0 Å². The van der Waals surface area contributed by atoms with Gasteiger partial charge in [-0.25, -0.2) is 4.98 Å². The van der Waals surface area contributed by atoms with E-state index in [0.29, 0.717) is 24.1 Å². The first kappa shape index (κ1) is 14.1. The third-order valence-electron chi connectivity index (χ3n) is 2.91. The zero-order chi connectivity index (χ0) is 14.5. The fourth-order valence-electron chi connectivity index (χ4n) is 1.62. The summed E-state index contributed by atoms with van der Waals surface area (Å²) in [5.41, 5.74) is 0. The number of carbonyl (C=O) groups is 1. The second kappa shape index (κ2) is 6.25. The van der Waals surface area contributed by atoms with Crippen LogP contribution in [0.1, 0.15) is 18.7 Å². The third kappa shape index (κ3) is 3.61. The maximum absolute atomic E-state index is 12.1. The predicted molar refractivity (Wildman–Crippen MR) is 72.8 cm³/mol. The van der Waals surface area contributed by atoms with Crippen molar-refractivity contribution in [2.45, 2.75) is 26.4 Å². The van der Waals surface area contributed by atoms with Gasteiger partial charge in [-0.1, -0.05) is 6.07 Å². The fraction of sp³-hybridized carbons (Fsp3) is 0.385. The van der Waals surface area contributed by atoms with Gasteiger partial charge in [0.1, 0.15) is 5.82 Å². The van der Waals surface area contributed by atoms with Gasteiger partial charge in [0.15, 0.2) is 0 Å². The van der Waals surface area contributed by atoms with E-state index in [4.69, 9.17) is 4.42 Å². The second-order valence-electron chi connectivity index (χ2n) is 4.51. The number of hydrogen-bond donors (Lipinski definition) is 1. The van der Waals surface area contributed by atoms with Crippen LogP contribution in [0.5, 0.6) is 0 Å². The molecule has 0 unspecified atom stereocenters. The molecule has 0 aliphatic carbocycles. The summed E-state index contributed by atoms with van der Waals surface area (Å²) in [6, 6.07) is 5.01. The average molecular weight is 275 g/mol. The zero-order valence-electron chi connectivity index (χ0n) is 11.7. The molecule has 0 aliphatic heterocycles. The van der Waals surface area contributed by atoms with E-state index in [2.05, 4.69) is 20.5 Å². The number of nitrogens with one attached hydrogen (secondary N) is 1. The number of anilines is 1. The van der Waals surface area contributed by atoms with Gasteiger partial charge < -0.3 is 9.73 Å². The summed E-state index contributed by atoms with van der Waals surface area (Å²) in [6.45, 7) is 3.95. The van der Waals surface area contributed by atoms with E-state index in [0.717, 1.165) is 0 Å². The quantitative estimate of drug-likeness (QED) is 0.883. The van der Waals surface area contributed by atoms with Crippen LogP contribution in [0.4, 0.5) is 5.82 Å². The minimum absolute atomic E-state index is 0.137. The Morgan fingerprint density at radius 1 is 1.45 bits per heavy atom. The largest absolute Gasteiger partial charge is 0.424 e. The molecule has 2 heterocycles. The Morgan fingerprint density at radius 3 is 2.85 bits per heavy atom. The number of carbonyl (C=O) groups excluding carboxylic acids is 1. The van der Waals surface area contributed by atoms with Crippen LogP contribution in [0.15, 0.2) is 28.8 Å². The number of amides is 1. The number of pyridine rings is 1. The fourth-order valence-corrected chi connectivity index (χ4v) is 1.62. The standard InChI is InChI=1S/C13H17N5O2/c1-9(13(19)15-11-6-4-5-7-14-11)18(3)8-12-17-16-10(2)20-12/h4-7,9H,8H2,1-3H3,(H,14,15,19)/t9-/m0/s1. The molecule has 0 saturated carbocycles. The van der Waals surface area contributed by atoms with Crippen molar-refractivity contribution >= 4 is 11.7 Å². The van der Waals surface area contributed by atoms with Gasteiger partial charge in [0.05, 0.1) is 12.6 Å². The highest BCUT2D eigenvalue weighted by Gasteiger charge is 2.20. The summed E-state index contributed by atoms with van der Waals surface area (Å²) in [4.78, 5) is 18.0. The Balaban J connectivity index is 1.92. The van der Waals surface area contributed by atoms with E-state index >= 15 is 0 Å². The summed E-state index contributed by atoms with van der Waals surface area (Å²) in [5, 5.41) is 10.4.